The van der Waals surface area contributed by atoms with Crippen LogP contribution in [0.5, 0.6) is 0 Å². The Morgan fingerprint density at radius 2 is 2.05 bits per heavy atom. The average Bonchev–Trinajstić information content (AvgIpc) is 2.99. The van der Waals surface area contributed by atoms with Gasteiger partial charge in [-0.1, -0.05) is 37.3 Å². The standard InChI is InChI=1S/C15H19N3S.ClH/c1-11-7-18(8-13(11)16)9-15-17-14(10-19-15)12-5-3-2-4-6-12;/h2-6,10-11,13H,7-9,16H2,1H3;1H. The molecule has 1 aliphatic rings. The van der Waals surface area contributed by atoms with E-state index in [0.717, 1.165) is 25.3 Å². The minimum absolute atomic E-state index is 0. The molecule has 0 bridgehead atoms. The molecule has 2 heterocycles. The fourth-order valence-corrected chi connectivity index (χ4v) is 3.39. The Hall–Kier alpha value is -0.940. The molecule has 0 spiro atoms. The molecule has 108 valence electrons. The summed E-state index contributed by atoms with van der Waals surface area (Å²) in [6.07, 6.45) is 0. The van der Waals surface area contributed by atoms with Crippen LogP contribution < -0.4 is 5.73 Å². The van der Waals surface area contributed by atoms with Gasteiger partial charge in [0.1, 0.15) is 5.01 Å². The fraction of sp³-hybridized carbons (Fsp3) is 0.400. The summed E-state index contributed by atoms with van der Waals surface area (Å²) in [5.74, 6) is 0.591. The number of hydrogen-bond donors (Lipinski definition) is 1. The molecule has 3 nitrogen and oxygen atoms in total. The lowest BCUT2D eigenvalue weighted by Crippen LogP contribution is -2.28. The highest BCUT2D eigenvalue weighted by molar-refractivity contribution is 7.09. The molecule has 2 N–H and O–H groups in total. The number of hydrogen-bond acceptors (Lipinski definition) is 4. The zero-order chi connectivity index (χ0) is 13.2. The minimum Gasteiger partial charge on any atom is -0.326 e. The highest BCUT2D eigenvalue weighted by Crippen LogP contribution is 2.24. The lowest BCUT2D eigenvalue weighted by atomic mass is 10.1. The quantitative estimate of drug-likeness (QED) is 0.947. The predicted molar refractivity (Wildman–Crippen MR) is 87.2 cm³/mol. The summed E-state index contributed by atoms with van der Waals surface area (Å²) < 4.78 is 0. The van der Waals surface area contributed by atoms with Crippen molar-refractivity contribution in [3.05, 3.63) is 40.7 Å². The molecule has 0 aliphatic carbocycles. The van der Waals surface area contributed by atoms with E-state index >= 15 is 0 Å². The second-order valence-electron chi connectivity index (χ2n) is 5.33. The monoisotopic (exact) mass is 309 g/mol. The number of nitrogens with two attached hydrogens (primary N) is 1. The van der Waals surface area contributed by atoms with Crippen LogP contribution in [0.15, 0.2) is 35.7 Å². The van der Waals surface area contributed by atoms with Crippen molar-refractivity contribution in [1.82, 2.24) is 9.88 Å². The molecule has 2 unspecified atom stereocenters. The molecule has 5 heteroatoms. The third kappa shape index (κ3) is 3.38. The summed E-state index contributed by atoms with van der Waals surface area (Å²) >= 11 is 1.74. The van der Waals surface area contributed by atoms with E-state index in [1.54, 1.807) is 11.3 Å². The first kappa shape index (κ1) is 15.4. The number of likely N-dealkylation sites (tertiary alicyclic amines) is 1. The van der Waals surface area contributed by atoms with Gasteiger partial charge in [-0.25, -0.2) is 4.98 Å². The second-order valence-corrected chi connectivity index (χ2v) is 6.27. The number of thiazole rings is 1. The van der Waals surface area contributed by atoms with Gasteiger partial charge in [0.15, 0.2) is 0 Å². The Kier molecular flexibility index (Phi) is 5.16. The van der Waals surface area contributed by atoms with Crippen molar-refractivity contribution in [3.8, 4) is 11.3 Å². The molecule has 1 aromatic heterocycles. The molecule has 1 saturated heterocycles. The van der Waals surface area contributed by atoms with Crippen molar-refractivity contribution in [1.29, 1.82) is 0 Å². The summed E-state index contributed by atoms with van der Waals surface area (Å²) in [7, 11) is 0. The Morgan fingerprint density at radius 1 is 1.30 bits per heavy atom. The van der Waals surface area contributed by atoms with Gasteiger partial charge in [-0.15, -0.1) is 23.7 Å². The Bertz CT molecular complexity index is 533. The molecule has 0 saturated carbocycles. The van der Waals surface area contributed by atoms with E-state index in [4.69, 9.17) is 10.7 Å². The first-order valence-corrected chi connectivity index (χ1v) is 7.58. The smallest absolute Gasteiger partial charge is 0.107 e. The molecule has 2 atom stereocenters. The Morgan fingerprint density at radius 3 is 2.70 bits per heavy atom. The highest BCUT2D eigenvalue weighted by atomic mass is 35.5. The van der Waals surface area contributed by atoms with E-state index in [0.29, 0.717) is 12.0 Å². The summed E-state index contributed by atoms with van der Waals surface area (Å²) in [5, 5.41) is 3.32. The van der Waals surface area contributed by atoms with E-state index in [1.807, 2.05) is 6.07 Å². The maximum atomic E-state index is 6.06. The largest absolute Gasteiger partial charge is 0.326 e. The molecule has 0 radical (unpaired) electrons. The zero-order valence-corrected chi connectivity index (χ0v) is 13.2. The van der Waals surface area contributed by atoms with E-state index in [9.17, 15) is 0 Å². The van der Waals surface area contributed by atoms with Gasteiger partial charge in [0.25, 0.3) is 0 Å². The minimum atomic E-state index is 0. The van der Waals surface area contributed by atoms with E-state index < -0.39 is 0 Å². The summed E-state index contributed by atoms with van der Waals surface area (Å²) in [4.78, 5) is 7.14. The predicted octanol–water partition coefficient (Wildman–Crippen LogP) is 3.01. The van der Waals surface area contributed by atoms with Gasteiger partial charge in [0, 0.05) is 30.1 Å². The van der Waals surface area contributed by atoms with Gasteiger partial charge in [0.05, 0.1) is 12.2 Å². The molecular formula is C15H20ClN3S. The highest BCUT2D eigenvalue weighted by Gasteiger charge is 2.26. The number of halogens is 1. The summed E-state index contributed by atoms with van der Waals surface area (Å²) in [5.41, 5.74) is 8.33. The Balaban J connectivity index is 0.00000147. The van der Waals surface area contributed by atoms with Crippen molar-refractivity contribution >= 4 is 23.7 Å². The summed E-state index contributed by atoms with van der Waals surface area (Å²) in [6, 6.07) is 10.7. The van der Waals surface area contributed by atoms with Gasteiger partial charge in [-0.3, -0.25) is 4.90 Å². The molecule has 1 fully saturated rings. The lowest BCUT2D eigenvalue weighted by molar-refractivity contribution is 0.318. The third-order valence-corrected chi connectivity index (χ3v) is 4.56. The van der Waals surface area contributed by atoms with Crippen LogP contribution in [0.1, 0.15) is 11.9 Å². The van der Waals surface area contributed by atoms with Crippen LogP contribution in [-0.4, -0.2) is 29.0 Å². The van der Waals surface area contributed by atoms with Crippen molar-refractivity contribution in [2.24, 2.45) is 11.7 Å². The maximum Gasteiger partial charge on any atom is 0.107 e. The van der Waals surface area contributed by atoms with Crippen LogP contribution in [0.3, 0.4) is 0 Å². The summed E-state index contributed by atoms with van der Waals surface area (Å²) in [6.45, 7) is 5.22. The lowest BCUT2D eigenvalue weighted by Gasteiger charge is -2.12. The molecule has 0 amide bonds. The van der Waals surface area contributed by atoms with Crippen LogP contribution in [0.2, 0.25) is 0 Å². The first-order chi connectivity index (χ1) is 9.22. The van der Waals surface area contributed by atoms with Crippen LogP contribution in [0.25, 0.3) is 11.3 Å². The first-order valence-electron chi connectivity index (χ1n) is 6.70. The van der Waals surface area contributed by atoms with Crippen LogP contribution in [0, 0.1) is 5.92 Å². The molecule has 1 aliphatic heterocycles. The van der Waals surface area contributed by atoms with E-state index in [2.05, 4.69) is 41.5 Å². The van der Waals surface area contributed by atoms with E-state index in [-0.39, 0.29) is 12.4 Å². The fourth-order valence-electron chi connectivity index (χ4n) is 2.54. The van der Waals surface area contributed by atoms with Crippen LogP contribution >= 0.6 is 23.7 Å². The zero-order valence-electron chi connectivity index (χ0n) is 11.5. The molecule has 20 heavy (non-hydrogen) atoms. The van der Waals surface area contributed by atoms with Crippen molar-refractivity contribution < 1.29 is 0 Å². The number of aromatic nitrogens is 1. The van der Waals surface area contributed by atoms with Gasteiger partial charge in [-0.05, 0) is 5.92 Å². The molecule has 3 rings (SSSR count). The third-order valence-electron chi connectivity index (χ3n) is 3.73. The molecular weight excluding hydrogens is 290 g/mol. The van der Waals surface area contributed by atoms with Crippen molar-refractivity contribution in [3.63, 3.8) is 0 Å². The molecule has 1 aromatic carbocycles. The normalized spacial score (nSPS) is 22.7. The van der Waals surface area contributed by atoms with Gasteiger partial charge < -0.3 is 5.73 Å². The number of nitrogens with zero attached hydrogens (tertiary/aromatic N) is 2. The Labute approximate surface area is 130 Å². The van der Waals surface area contributed by atoms with Gasteiger partial charge >= 0.3 is 0 Å². The topological polar surface area (TPSA) is 42.2 Å². The second kappa shape index (κ2) is 6.68. The van der Waals surface area contributed by atoms with Crippen molar-refractivity contribution in [2.75, 3.05) is 13.1 Å². The SMILES string of the molecule is CC1CN(Cc2nc(-c3ccccc3)cs2)CC1N.Cl. The van der Waals surface area contributed by atoms with Gasteiger partial charge in [-0.2, -0.15) is 0 Å². The van der Waals surface area contributed by atoms with Gasteiger partial charge in [0.2, 0.25) is 0 Å². The average molecular weight is 310 g/mol. The number of benzene rings is 1. The van der Waals surface area contributed by atoms with E-state index in [1.165, 1.54) is 10.6 Å². The number of rotatable bonds is 3. The van der Waals surface area contributed by atoms with Crippen molar-refractivity contribution in [2.45, 2.75) is 19.5 Å². The van der Waals surface area contributed by atoms with Crippen LogP contribution in [0.4, 0.5) is 0 Å². The maximum absolute atomic E-state index is 6.06. The van der Waals surface area contributed by atoms with Crippen LogP contribution in [-0.2, 0) is 6.54 Å². The molecule has 2 aromatic rings.